The van der Waals surface area contributed by atoms with E-state index in [0.717, 1.165) is 12.4 Å². The van der Waals surface area contributed by atoms with Gasteiger partial charge in [0.2, 0.25) is 0 Å². The zero-order chi connectivity index (χ0) is 13.0. The van der Waals surface area contributed by atoms with Gasteiger partial charge in [0.05, 0.1) is 32.6 Å². The van der Waals surface area contributed by atoms with Gasteiger partial charge in [0.25, 0.3) is 0 Å². The fourth-order valence-corrected chi connectivity index (χ4v) is 2.79. The van der Waals surface area contributed by atoms with Crippen molar-refractivity contribution in [2.75, 3.05) is 32.6 Å². The highest BCUT2D eigenvalue weighted by Gasteiger charge is 2.19. The number of hydrogen-bond acceptors (Lipinski definition) is 0. The monoisotopic (exact) mass is 389 g/mol. The van der Waals surface area contributed by atoms with E-state index >= 15 is 0 Å². The zero-order valence-electron chi connectivity index (χ0n) is 12.7. The molecule has 0 aromatic rings. The largest absolute Gasteiger partial charge is 1.00 e. The topological polar surface area (TPSA) is 0 Å². The summed E-state index contributed by atoms with van der Waals surface area (Å²) in [4.78, 5) is 0. The molecule has 0 N–H and O–H groups in total. The van der Waals surface area contributed by atoms with Crippen LogP contribution in [0.3, 0.4) is 0 Å². The molecule has 3 heteroatoms. The predicted octanol–water partition coefficient (Wildman–Crippen LogP) is 1.84. The molecule has 18 heavy (non-hydrogen) atoms. The minimum atomic E-state index is 0. The lowest BCUT2D eigenvalue weighted by Crippen LogP contribution is -3.00. The van der Waals surface area contributed by atoms with Crippen LogP contribution in [0.25, 0.3) is 0 Å². The fourth-order valence-electron chi connectivity index (χ4n) is 2.38. The maximum Gasteiger partial charge on any atom is 0.0922 e. The number of rotatable bonds is 12. The molecule has 0 aromatic heterocycles. The van der Waals surface area contributed by atoms with Crippen LogP contribution in [-0.4, -0.2) is 37.0 Å². The van der Waals surface area contributed by atoms with Crippen LogP contribution >= 0.6 is 11.6 Å². The Hall–Kier alpha value is 0.980. The molecule has 0 heterocycles. The molecule has 0 amide bonds. The molecule has 0 fully saturated rings. The van der Waals surface area contributed by atoms with Crippen molar-refractivity contribution in [3.63, 3.8) is 0 Å². The van der Waals surface area contributed by atoms with Crippen molar-refractivity contribution in [3.05, 3.63) is 0 Å². The summed E-state index contributed by atoms with van der Waals surface area (Å²) in [5.74, 6) is 0.804. The molecule has 0 bridgehead atoms. The molecule has 0 rings (SSSR count). The van der Waals surface area contributed by atoms with E-state index in [1.54, 1.807) is 0 Å². The van der Waals surface area contributed by atoms with Gasteiger partial charge >= 0.3 is 0 Å². The molecule has 0 saturated heterocycles. The molecule has 0 spiro atoms. The van der Waals surface area contributed by atoms with Crippen LogP contribution in [0, 0.1) is 0 Å². The summed E-state index contributed by atoms with van der Waals surface area (Å²) in [5.41, 5.74) is 0. The normalized spacial score (nSPS) is 11.3. The lowest BCUT2D eigenvalue weighted by molar-refractivity contribution is -0.907. The lowest BCUT2D eigenvalue weighted by atomic mass is 10.1. The summed E-state index contributed by atoms with van der Waals surface area (Å²) in [7, 11) is 2.39. The van der Waals surface area contributed by atoms with Gasteiger partial charge in [-0.15, -0.1) is 11.6 Å². The Bertz CT molecular complexity index is 153. The molecule has 0 aliphatic heterocycles. The van der Waals surface area contributed by atoms with Crippen molar-refractivity contribution < 1.29 is 28.5 Å². The Morgan fingerprint density at radius 2 is 1.17 bits per heavy atom. The molecule has 1 nitrogen and oxygen atoms in total. The van der Waals surface area contributed by atoms with Crippen molar-refractivity contribution in [3.8, 4) is 0 Å². The minimum absolute atomic E-state index is 0. The molecule has 0 radical (unpaired) electrons. The van der Waals surface area contributed by atoms with Crippen molar-refractivity contribution in [1.29, 1.82) is 0 Å². The molecule has 0 atom stereocenters. The third-order valence-electron chi connectivity index (χ3n) is 3.73. The smallest absolute Gasteiger partial charge is 0.0922 e. The average molecular weight is 390 g/mol. The van der Waals surface area contributed by atoms with E-state index < -0.39 is 0 Å². The van der Waals surface area contributed by atoms with E-state index in [2.05, 4.69) is 20.9 Å². The number of hydrogen-bond donors (Lipinski definition) is 0. The van der Waals surface area contributed by atoms with Crippen molar-refractivity contribution >= 4 is 11.6 Å². The number of alkyl halides is 1. The Labute approximate surface area is 137 Å². The second kappa shape index (κ2) is 14.4. The summed E-state index contributed by atoms with van der Waals surface area (Å²) >= 11 is 5.95. The molecule has 0 aliphatic carbocycles. The van der Waals surface area contributed by atoms with E-state index in [1.807, 2.05) is 0 Å². The molecule has 0 aliphatic rings. The van der Waals surface area contributed by atoms with E-state index in [0.29, 0.717) is 0 Å². The highest BCUT2D eigenvalue weighted by molar-refractivity contribution is 6.17. The molecule has 0 saturated carbocycles. The fraction of sp³-hybridized carbons (Fsp3) is 1.00. The zero-order valence-corrected chi connectivity index (χ0v) is 15.6. The standard InChI is InChI=1S/C15H33ClN.HI/c1-4-6-8-10-13-17(3,15-12-16)14-11-9-7-5-2;/h4-15H2,1-3H3;1H/q+1;/p-1. The summed E-state index contributed by atoms with van der Waals surface area (Å²) in [6.45, 7) is 8.33. The van der Waals surface area contributed by atoms with Crippen LogP contribution in [0.5, 0.6) is 0 Å². The summed E-state index contributed by atoms with van der Waals surface area (Å²) in [5, 5.41) is 0. The van der Waals surface area contributed by atoms with Gasteiger partial charge in [-0.1, -0.05) is 39.5 Å². The van der Waals surface area contributed by atoms with Crippen LogP contribution in [0.15, 0.2) is 0 Å². The average Bonchev–Trinajstić information content (AvgIpc) is 2.31. The SMILES string of the molecule is CCCCCC[N+](C)(CCCl)CCCCCC.[I-]. The third kappa shape index (κ3) is 12.0. The van der Waals surface area contributed by atoms with Gasteiger partial charge in [0, 0.05) is 0 Å². The van der Waals surface area contributed by atoms with Gasteiger partial charge in [-0.3, -0.25) is 0 Å². The Balaban J connectivity index is 0. The van der Waals surface area contributed by atoms with Gasteiger partial charge in [-0.05, 0) is 25.7 Å². The first-order valence-electron chi connectivity index (χ1n) is 7.58. The van der Waals surface area contributed by atoms with Crippen LogP contribution < -0.4 is 24.0 Å². The van der Waals surface area contributed by atoms with E-state index in [1.165, 1.54) is 68.9 Å². The van der Waals surface area contributed by atoms with Crippen molar-refractivity contribution in [2.24, 2.45) is 0 Å². The van der Waals surface area contributed by atoms with E-state index in [-0.39, 0.29) is 24.0 Å². The van der Waals surface area contributed by atoms with Gasteiger partial charge in [0.1, 0.15) is 0 Å². The van der Waals surface area contributed by atoms with Crippen molar-refractivity contribution in [1.82, 2.24) is 0 Å². The summed E-state index contributed by atoms with van der Waals surface area (Å²) in [6, 6.07) is 0. The van der Waals surface area contributed by atoms with Crippen LogP contribution in [0.4, 0.5) is 0 Å². The molecule has 0 aromatic carbocycles. The number of nitrogens with zero attached hydrogens (tertiary/aromatic N) is 1. The van der Waals surface area contributed by atoms with Gasteiger partial charge in [0.15, 0.2) is 0 Å². The van der Waals surface area contributed by atoms with E-state index in [4.69, 9.17) is 11.6 Å². The lowest BCUT2D eigenvalue weighted by Gasteiger charge is -2.34. The molecular formula is C15H33ClIN. The van der Waals surface area contributed by atoms with Crippen molar-refractivity contribution in [2.45, 2.75) is 65.2 Å². The second-order valence-electron chi connectivity index (χ2n) is 5.60. The van der Waals surface area contributed by atoms with Gasteiger partial charge < -0.3 is 28.5 Å². The quantitative estimate of drug-likeness (QED) is 0.207. The summed E-state index contributed by atoms with van der Waals surface area (Å²) in [6.07, 6.45) is 11.0. The van der Waals surface area contributed by atoms with Crippen LogP contribution in [0.1, 0.15) is 65.2 Å². The number of quaternary nitrogens is 1. The first-order chi connectivity index (χ1) is 8.18. The maximum atomic E-state index is 5.95. The summed E-state index contributed by atoms with van der Waals surface area (Å²) < 4.78 is 1.19. The molecular weight excluding hydrogens is 357 g/mol. The second-order valence-corrected chi connectivity index (χ2v) is 5.98. The predicted molar refractivity (Wildman–Crippen MR) is 79.8 cm³/mol. The van der Waals surface area contributed by atoms with Crippen LogP contribution in [-0.2, 0) is 0 Å². The third-order valence-corrected chi connectivity index (χ3v) is 3.90. The van der Waals surface area contributed by atoms with Gasteiger partial charge in [-0.2, -0.15) is 0 Å². The Morgan fingerprint density at radius 1 is 0.722 bits per heavy atom. The van der Waals surface area contributed by atoms with E-state index in [9.17, 15) is 0 Å². The Morgan fingerprint density at radius 3 is 1.50 bits per heavy atom. The molecule has 112 valence electrons. The number of unbranched alkanes of at least 4 members (excludes halogenated alkanes) is 6. The first-order valence-corrected chi connectivity index (χ1v) is 8.11. The minimum Gasteiger partial charge on any atom is -1.00 e. The maximum absolute atomic E-state index is 5.95. The highest BCUT2D eigenvalue weighted by atomic mass is 127. The van der Waals surface area contributed by atoms with Crippen LogP contribution in [0.2, 0.25) is 0 Å². The highest BCUT2D eigenvalue weighted by Crippen LogP contribution is 2.12. The Kier molecular flexibility index (Phi) is 17.0. The van der Waals surface area contributed by atoms with Gasteiger partial charge in [-0.25, -0.2) is 0 Å². The first kappa shape index (κ1) is 21.3. The number of halogens is 2. The molecule has 0 unspecified atom stereocenters.